The third kappa shape index (κ3) is 4.28. The average molecular weight is 346 g/mol. The van der Waals surface area contributed by atoms with E-state index in [-0.39, 0.29) is 0 Å². The van der Waals surface area contributed by atoms with Crippen LogP contribution in [0.1, 0.15) is 37.1 Å². The van der Waals surface area contributed by atoms with Crippen LogP contribution in [0.5, 0.6) is 11.5 Å². The second-order valence-corrected chi connectivity index (χ2v) is 7.43. The SMILES string of the molecule is COc1ccc(-c2cnc(CNCC3CCCCC3)s2)c(OC)c1. The summed E-state index contributed by atoms with van der Waals surface area (Å²) in [5.41, 5.74) is 1.06. The molecule has 0 unspecified atom stereocenters. The van der Waals surface area contributed by atoms with Gasteiger partial charge in [0, 0.05) is 24.4 Å². The number of nitrogens with zero attached hydrogens (tertiary/aromatic N) is 1. The van der Waals surface area contributed by atoms with Gasteiger partial charge in [-0.05, 0) is 37.4 Å². The zero-order valence-electron chi connectivity index (χ0n) is 14.5. The molecule has 1 aliphatic carbocycles. The Morgan fingerprint density at radius 1 is 1.17 bits per heavy atom. The lowest BCUT2D eigenvalue weighted by Gasteiger charge is -2.21. The highest BCUT2D eigenvalue weighted by molar-refractivity contribution is 7.15. The van der Waals surface area contributed by atoms with E-state index in [2.05, 4.69) is 10.3 Å². The highest BCUT2D eigenvalue weighted by atomic mass is 32.1. The molecular formula is C19H26N2O2S. The molecule has 0 saturated heterocycles. The van der Waals surface area contributed by atoms with Crippen LogP contribution in [0.25, 0.3) is 10.4 Å². The minimum atomic E-state index is 0.800. The predicted molar refractivity (Wildman–Crippen MR) is 98.9 cm³/mol. The lowest BCUT2D eigenvalue weighted by Crippen LogP contribution is -2.24. The van der Waals surface area contributed by atoms with Crippen molar-refractivity contribution in [3.8, 4) is 21.9 Å². The van der Waals surface area contributed by atoms with Gasteiger partial charge in [0.05, 0.1) is 19.1 Å². The molecule has 1 fully saturated rings. The van der Waals surface area contributed by atoms with E-state index < -0.39 is 0 Å². The molecule has 1 aliphatic rings. The van der Waals surface area contributed by atoms with Gasteiger partial charge in [0.2, 0.25) is 0 Å². The number of hydrogen-bond acceptors (Lipinski definition) is 5. The Hall–Kier alpha value is -1.59. The van der Waals surface area contributed by atoms with Gasteiger partial charge in [-0.1, -0.05) is 19.3 Å². The molecule has 5 heteroatoms. The van der Waals surface area contributed by atoms with Crippen LogP contribution in [0.15, 0.2) is 24.4 Å². The van der Waals surface area contributed by atoms with Crippen molar-refractivity contribution in [2.75, 3.05) is 20.8 Å². The lowest BCUT2D eigenvalue weighted by molar-refractivity contribution is 0.342. The topological polar surface area (TPSA) is 43.4 Å². The molecule has 0 aliphatic heterocycles. The molecule has 1 aromatic heterocycles. The van der Waals surface area contributed by atoms with Gasteiger partial charge in [0.1, 0.15) is 16.5 Å². The monoisotopic (exact) mass is 346 g/mol. The van der Waals surface area contributed by atoms with Crippen LogP contribution in [-0.4, -0.2) is 25.7 Å². The van der Waals surface area contributed by atoms with E-state index in [9.17, 15) is 0 Å². The second kappa shape index (κ2) is 8.49. The Morgan fingerprint density at radius 3 is 2.75 bits per heavy atom. The zero-order chi connectivity index (χ0) is 16.8. The van der Waals surface area contributed by atoms with Gasteiger partial charge in [-0.2, -0.15) is 0 Å². The van der Waals surface area contributed by atoms with Crippen LogP contribution in [-0.2, 0) is 6.54 Å². The molecule has 1 N–H and O–H groups in total. The summed E-state index contributed by atoms with van der Waals surface area (Å²) in [5, 5.41) is 4.70. The Labute approximate surface area is 148 Å². The Kier molecular flexibility index (Phi) is 6.10. The molecule has 0 radical (unpaired) electrons. The molecular weight excluding hydrogens is 320 g/mol. The summed E-state index contributed by atoms with van der Waals surface area (Å²) >= 11 is 1.72. The highest BCUT2D eigenvalue weighted by Crippen LogP contribution is 2.36. The maximum atomic E-state index is 5.50. The minimum absolute atomic E-state index is 0.800. The number of methoxy groups -OCH3 is 2. The van der Waals surface area contributed by atoms with E-state index in [1.807, 2.05) is 24.4 Å². The third-order valence-corrected chi connectivity index (χ3v) is 5.69. The van der Waals surface area contributed by atoms with Gasteiger partial charge in [-0.3, -0.25) is 0 Å². The molecule has 3 rings (SSSR count). The van der Waals surface area contributed by atoms with Crippen LogP contribution in [0, 0.1) is 5.92 Å². The van der Waals surface area contributed by atoms with Crippen molar-refractivity contribution in [3.63, 3.8) is 0 Å². The molecule has 1 heterocycles. The molecule has 0 amide bonds. The van der Waals surface area contributed by atoms with E-state index in [1.54, 1.807) is 25.6 Å². The first-order chi connectivity index (χ1) is 11.8. The van der Waals surface area contributed by atoms with Crippen molar-refractivity contribution >= 4 is 11.3 Å². The van der Waals surface area contributed by atoms with E-state index in [0.717, 1.165) is 46.0 Å². The first-order valence-electron chi connectivity index (χ1n) is 8.68. The fraction of sp³-hybridized carbons (Fsp3) is 0.526. The molecule has 1 saturated carbocycles. The molecule has 0 bridgehead atoms. The number of ether oxygens (including phenoxy) is 2. The van der Waals surface area contributed by atoms with E-state index >= 15 is 0 Å². The molecule has 0 atom stereocenters. The van der Waals surface area contributed by atoms with E-state index in [4.69, 9.17) is 9.47 Å². The standard InChI is InChI=1S/C19H26N2O2S/c1-22-15-8-9-16(17(10-15)23-2)18-12-21-19(24-18)13-20-11-14-6-4-3-5-7-14/h8-10,12,14,20H,3-7,11,13H2,1-2H3. The van der Waals surface area contributed by atoms with Crippen LogP contribution in [0.2, 0.25) is 0 Å². The van der Waals surface area contributed by atoms with Crippen molar-refractivity contribution in [3.05, 3.63) is 29.4 Å². The Morgan fingerprint density at radius 2 is 2.00 bits per heavy atom. The zero-order valence-corrected chi connectivity index (χ0v) is 15.3. The predicted octanol–water partition coefficient (Wildman–Crippen LogP) is 4.50. The van der Waals surface area contributed by atoms with Crippen molar-refractivity contribution < 1.29 is 9.47 Å². The van der Waals surface area contributed by atoms with E-state index in [1.165, 1.54) is 32.1 Å². The normalized spacial score (nSPS) is 15.4. The molecule has 4 nitrogen and oxygen atoms in total. The second-order valence-electron chi connectivity index (χ2n) is 6.32. The van der Waals surface area contributed by atoms with Crippen LogP contribution in [0.4, 0.5) is 0 Å². The van der Waals surface area contributed by atoms with Gasteiger partial charge >= 0.3 is 0 Å². The van der Waals surface area contributed by atoms with Crippen molar-refractivity contribution in [2.24, 2.45) is 5.92 Å². The number of rotatable bonds is 7. The van der Waals surface area contributed by atoms with E-state index in [0.29, 0.717) is 0 Å². The maximum Gasteiger partial charge on any atom is 0.131 e. The fourth-order valence-electron chi connectivity index (χ4n) is 3.29. The van der Waals surface area contributed by atoms with Crippen LogP contribution < -0.4 is 14.8 Å². The number of hydrogen-bond donors (Lipinski definition) is 1. The summed E-state index contributed by atoms with van der Waals surface area (Å²) in [4.78, 5) is 5.69. The lowest BCUT2D eigenvalue weighted by atomic mass is 9.89. The van der Waals surface area contributed by atoms with Crippen molar-refractivity contribution in [2.45, 2.75) is 38.6 Å². The third-order valence-electron chi connectivity index (χ3n) is 4.66. The quantitative estimate of drug-likeness (QED) is 0.802. The largest absolute Gasteiger partial charge is 0.497 e. The summed E-state index contributed by atoms with van der Waals surface area (Å²) in [6.07, 6.45) is 8.89. The van der Waals surface area contributed by atoms with Gasteiger partial charge in [-0.15, -0.1) is 11.3 Å². The molecule has 0 spiro atoms. The molecule has 2 aromatic rings. The smallest absolute Gasteiger partial charge is 0.131 e. The fourth-order valence-corrected chi connectivity index (χ4v) is 4.21. The number of nitrogens with one attached hydrogen (secondary N) is 1. The summed E-state index contributed by atoms with van der Waals surface area (Å²) < 4.78 is 10.8. The Balaban J connectivity index is 1.60. The van der Waals surface area contributed by atoms with Crippen molar-refractivity contribution in [1.82, 2.24) is 10.3 Å². The van der Waals surface area contributed by atoms with Gasteiger partial charge < -0.3 is 14.8 Å². The van der Waals surface area contributed by atoms with Gasteiger partial charge in [0.15, 0.2) is 0 Å². The number of thiazole rings is 1. The van der Waals surface area contributed by atoms with Gasteiger partial charge in [-0.25, -0.2) is 4.98 Å². The maximum absolute atomic E-state index is 5.50. The number of aromatic nitrogens is 1. The molecule has 130 valence electrons. The Bertz CT molecular complexity index is 651. The van der Waals surface area contributed by atoms with Crippen LogP contribution in [0.3, 0.4) is 0 Å². The van der Waals surface area contributed by atoms with Gasteiger partial charge in [0.25, 0.3) is 0 Å². The first-order valence-corrected chi connectivity index (χ1v) is 9.49. The van der Waals surface area contributed by atoms with Crippen LogP contribution >= 0.6 is 11.3 Å². The molecule has 24 heavy (non-hydrogen) atoms. The minimum Gasteiger partial charge on any atom is -0.497 e. The summed E-state index contributed by atoms with van der Waals surface area (Å²) in [6.45, 7) is 1.96. The van der Waals surface area contributed by atoms with Crippen molar-refractivity contribution in [1.29, 1.82) is 0 Å². The number of benzene rings is 1. The summed E-state index contributed by atoms with van der Waals surface area (Å²) in [7, 11) is 3.35. The molecule has 1 aromatic carbocycles. The average Bonchev–Trinajstić information content (AvgIpc) is 3.10. The highest BCUT2D eigenvalue weighted by Gasteiger charge is 2.14. The first kappa shape index (κ1) is 17.2. The summed E-state index contributed by atoms with van der Waals surface area (Å²) in [5.74, 6) is 2.47. The summed E-state index contributed by atoms with van der Waals surface area (Å²) in [6, 6.07) is 5.90.